The maximum atomic E-state index is 12.0. The van der Waals surface area contributed by atoms with Gasteiger partial charge in [-0.1, -0.05) is 36.3 Å². The summed E-state index contributed by atoms with van der Waals surface area (Å²) < 4.78 is 27.6. The van der Waals surface area contributed by atoms with Crippen molar-refractivity contribution in [2.45, 2.75) is 46.2 Å². The van der Waals surface area contributed by atoms with E-state index in [1.807, 2.05) is 51.1 Å². The number of nitrogens with one attached hydrogen (secondary N) is 2. The number of aromatic nitrogens is 1. The number of alkyl carbamates (subject to hydrolysis) is 1. The Morgan fingerprint density at radius 3 is 2.32 bits per heavy atom. The fraction of sp³-hybridized carbons (Fsp3) is 0.464. The molecule has 0 aliphatic rings. The van der Waals surface area contributed by atoms with Gasteiger partial charge in [-0.25, -0.2) is 4.79 Å². The van der Waals surface area contributed by atoms with E-state index in [9.17, 15) is 9.59 Å². The van der Waals surface area contributed by atoms with Crippen LogP contribution in [-0.2, 0) is 30.3 Å². The third kappa shape index (κ3) is 12.1. The zero-order valence-electron chi connectivity index (χ0n) is 22.3. The van der Waals surface area contributed by atoms with Gasteiger partial charge in [0.15, 0.2) is 0 Å². The van der Waals surface area contributed by atoms with Gasteiger partial charge in [0.05, 0.1) is 32.6 Å². The smallest absolute Gasteiger partial charge is 0.407 e. The lowest BCUT2D eigenvalue weighted by atomic mass is 10.2. The van der Waals surface area contributed by atoms with E-state index in [-0.39, 0.29) is 25.5 Å². The molecule has 0 saturated heterocycles. The predicted molar refractivity (Wildman–Crippen MR) is 141 cm³/mol. The summed E-state index contributed by atoms with van der Waals surface area (Å²) in [4.78, 5) is 27.9. The summed E-state index contributed by atoms with van der Waals surface area (Å²) in [6.45, 7) is 7.74. The summed E-state index contributed by atoms with van der Waals surface area (Å²) >= 11 is 0. The minimum Gasteiger partial charge on any atom is -0.492 e. The van der Waals surface area contributed by atoms with Gasteiger partial charge in [0.2, 0.25) is 5.91 Å². The van der Waals surface area contributed by atoms with Crippen molar-refractivity contribution in [3.05, 3.63) is 59.9 Å². The normalized spacial score (nSPS) is 10.7. The quantitative estimate of drug-likeness (QED) is 0.194. The number of hydrogen-bond donors (Lipinski definition) is 2. The monoisotopic (exact) mass is 527 g/mol. The average Bonchev–Trinajstić information content (AvgIpc) is 2.92. The van der Waals surface area contributed by atoms with Gasteiger partial charge < -0.3 is 34.3 Å². The van der Waals surface area contributed by atoms with Crippen molar-refractivity contribution in [3.63, 3.8) is 0 Å². The van der Waals surface area contributed by atoms with Crippen LogP contribution in [0.15, 0.2) is 48.8 Å². The van der Waals surface area contributed by atoms with Crippen molar-refractivity contribution < 1.29 is 33.3 Å². The molecule has 38 heavy (non-hydrogen) atoms. The lowest BCUT2D eigenvalue weighted by molar-refractivity contribution is -0.339. The second kappa shape index (κ2) is 17.7. The Labute approximate surface area is 224 Å². The second-order valence-corrected chi connectivity index (χ2v) is 7.81. The molecule has 0 fully saturated rings. The van der Waals surface area contributed by atoms with Crippen LogP contribution in [0.3, 0.4) is 0 Å². The van der Waals surface area contributed by atoms with Crippen LogP contribution >= 0.6 is 0 Å². The molecule has 10 nitrogen and oxygen atoms in total. The molecule has 0 bridgehead atoms. The van der Waals surface area contributed by atoms with Gasteiger partial charge in [-0.3, -0.25) is 9.78 Å². The van der Waals surface area contributed by atoms with E-state index < -0.39 is 12.1 Å². The highest BCUT2D eigenvalue weighted by molar-refractivity contribution is 5.75. The molecule has 0 spiro atoms. The largest absolute Gasteiger partial charge is 0.492 e. The minimum atomic E-state index is -1.43. The van der Waals surface area contributed by atoms with Gasteiger partial charge in [-0.15, -0.1) is 0 Å². The molecule has 2 aromatic rings. The van der Waals surface area contributed by atoms with E-state index in [2.05, 4.69) is 27.5 Å². The molecular weight excluding hydrogens is 490 g/mol. The highest BCUT2D eigenvalue weighted by atomic mass is 16.9. The van der Waals surface area contributed by atoms with Crippen molar-refractivity contribution in [1.82, 2.24) is 15.6 Å². The fourth-order valence-electron chi connectivity index (χ4n) is 3.17. The fourth-order valence-corrected chi connectivity index (χ4v) is 3.17. The first-order chi connectivity index (χ1) is 18.5. The van der Waals surface area contributed by atoms with E-state index in [0.717, 1.165) is 5.56 Å². The van der Waals surface area contributed by atoms with Crippen LogP contribution in [0.4, 0.5) is 4.79 Å². The Morgan fingerprint density at radius 2 is 1.63 bits per heavy atom. The predicted octanol–water partition coefficient (Wildman–Crippen LogP) is 3.40. The van der Waals surface area contributed by atoms with Crippen LogP contribution in [0, 0.1) is 11.8 Å². The van der Waals surface area contributed by atoms with Crippen molar-refractivity contribution in [3.8, 4) is 17.6 Å². The maximum absolute atomic E-state index is 12.0. The molecule has 2 N–H and O–H groups in total. The van der Waals surface area contributed by atoms with E-state index >= 15 is 0 Å². The number of ether oxygens (including phenoxy) is 5. The summed E-state index contributed by atoms with van der Waals surface area (Å²) in [5, 5.41) is 5.35. The third-order valence-corrected chi connectivity index (χ3v) is 4.82. The topological polar surface area (TPSA) is 117 Å². The molecule has 0 aliphatic heterocycles. The minimum absolute atomic E-state index is 0.134. The lowest BCUT2D eigenvalue weighted by Crippen LogP contribution is -2.38. The van der Waals surface area contributed by atoms with Crippen molar-refractivity contribution in [2.75, 3.05) is 39.5 Å². The first kappa shape index (κ1) is 30.6. The van der Waals surface area contributed by atoms with Crippen LogP contribution in [0.5, 0.6) is 5.75 Å². The van der Waals surface area contributed by atoms with Gasteiger partial charge in [-0.2, -0.15) is 0 Å². The molecule has 0 saturated carbocycles. The molecule has 1 heterocycles. The standard InChI is InChI=1S/C28H37N3O7/c1-4-36-28(37-5-2,38-6-3)15-14-24-19-25(21-29-20-24)34-18-10-13-26(32)30-16-17-31-27(33)35-22-23-11-8-7-9-12-23/h7-9,11-12,19-21H,4-6,10,13,16-18,22H2,1-3H3,(H,30,32)(H,31,33). The number of benzene rings is 1. The van der Waals surface area contributed by atoms with Gasteiger partial charge in [0, 0.05) is 31.3 Å². The molecule has 1 aromatic carbocycles. The molecule has 1 aromatic heterocycles. The van der Waals surface area contributed by atoms with Crippen molar-refractivity contribution in [1.29, 1.82) is 0 Å². The van der Waals surface area contributed by atoms with Crippen LogP contribution in [-0.4, -0.2) is 62.5 Å². The Kier molecular flexibility index (Phi) is 14.3. The number of nitrogens with zero attached hydrogens (tertiary/aromatic N) is 1. The number of rotatable bonds is 16. The van der Waals surface area contributed by atoms with Crippen molar-refractivity contribution in [2.24, 2.45) is 0 Å². The second-order valence-electron chi connectivity index (χ2n) is 7.81. The molecule has 0 atom stereocenters. The van der Waals surface area contributed by atoms with Crippen LogP contribution in [0.25, 0.3) is 0 Å². The van der Waals surface area contributed by atoms with Crippen LogP contribution < -0.4 is 15.4 Å². The first-order valence-corrected chi connectivity index (χ1v) is 12.7. The summed E-state index contributed by atoms with van der Waals surface area (Å²) in [6.07, 6.45) is 3.44. The van der Waals surface area contributed by atoms with Crippen LogP contribution in [0.1, 0.15) is 44.7 Å². The summed E-state index contributed by atoms with van der Waals surface area (Å²) in [5.41, 5.74) is 1.51. The van der Waals surface area contributed by atoms with Crippen LogP contribution in [0.2, 0.25) is 0 Å². The molecule has 10 heteroatoms. The number of pyridine rings is 1. The summed E-state index contributed by atoms with van der Waals surface area (Å²) in [6, 6.07) is 11.1. The average molecular weight is 528 g/mol. The Hall–Kier alpha value is -3.65. The van der Waals surface area contributed by atoms with E-state index in [1.165, 1.54) is 0 Å². The number of hydrogen-bond acceptors (Lipinski definition) is 8. The molecule has 0 radical (unpaired) electrons. The number of carbonyl (C=O) groups is 2. The van der Waals surface area contributed by atoms with Gasteiger partial charge >= 0.3 is 12.1 Å². The molecule has 2 rings (SSSR count). The van der Waals surface area contributed by atoms with Crippen molar-refractivity contribution >= 4 is 12.0 Å². The highest BCUT2D eigenvalue weighted by Crippen LogP contribution is 2.16. The summed E-state index contributed by atoms with van der Waals surface area (Å²) in [5.74, 6) is 4.85. The molecule has 0 unspecified atom stereocenters. The van der Waals surface area contributed by atoms with Gasteiger partial charge in [-0.05, 0) is 44.7 Å². The highest BCUT2D eigenvalue weighted by Gasteiger charge is 2.30. The zero-order valence-corrected chi connectivity index (χ0v) is 22.3. The maximum Gasteiger partial charge on any atom is 0.407 e. The number of carbonyl (C=O) groups excluding carboxylic acids is 2. The number of amides is 2. The van der Waals surface area contributed by atoms with Gasteiger partial charge in [0.1, 0.15) is 12.4 Å². The Balaban J connectivity index is 1.67. The molecule has 206 valence electrons. The molecule has 0 aliphatic carbocycles. The first-order valence-electron chi connectivity index (χ1n) is 12.7. The summed E-state index contributed by atoms with van der Waals surface area (Å²) in [7, 11) is 0. The van der Waals surface area contributed by atoms with E-state index in [0.29, 0.717) is 50.7 Å². The Bertz CT molecular complexity index is 1020. The van der Waals surface area contributed by atoms with E-state index in [4.69, 9.17) is 23.7 Å². The zero-order chi connectivity index (χ0) is 27.5. The third-order valence-electron chi connectivity index (χ3n) is 4.82. The van der Waals surface area contributed by atoms with Gasteiger partial charge in [0.25, 0.3) is 0 Å². The lowest BCUT2D eigenvalue weighted by Gasteiger charge is -2.26. The van der Waals surface area contributed by atoms with E-state index in [1.54, 1.807) is 18.5 Å². The molecular formula is C28H37N3O7. The Morgan fingerprint density at radius 1 is 0.947 bits per heavy atom. The SMILES string of the molecule is CCOC(C#Cc1cncc(OCCCC(=O)NCCNC(=O)OCc2ccccc2)c1)(OCC)OCC. The molecule has 2 amide bonds.